The molecule has 2 rings (SSSR count). The molecule has 15 heavy (non-hydrogen) atoms. The molecule has 0 spiro atoms. The number of nitrogens with two attached hydrogens (primary N) is 1. The van der Waals surface area contributed by atoms with E-state index in [0.29, 0.717) is 5.92 Å². The van der Waals surface area contributed by atoms with Crippen molar-refractivity contribution in [2.24, 2.45) is 5.73 Å². The van der Waals surface area contributed by atoms with Crippen LogP contribution < -0.4 is 5.73 Å². The molecule has 0 amide bonds. The summed E-state index contributed by atoms with van der Waals surface area (Å²) in [6.07, 6.45) is 0. The monoisotopic (exact) mass is 217 g/mol. The van der Waals surface area contributed by atoms with Crippen LogP contribution in [0.2, 0.25) is 0 Å². The first-order chi connectivity index (χ1) is 7.31. The van der Waals surface area contributed by atoms with Gasteiger partial charge in [-0.25, -0.2) is 0 Å². The van der Waals surface area contributed by atoms with E-state index in [1.807, 2.05) is 17.4 Å². The van der Waals surface area contributed by atoms with Gasteiger partial charge in [-0.1, -0.05) is 37.3 Å². The molecule has 78 valence electrons. The van der Waals surface area contributed by atoms with E-state index >= 15 is 0 Å². The van der Waals surface area contributed by atoms with Crippen molar-refractivity contribution in [2.75, 3.05) is 6.54 Å². The Labute approximate surface area is 94.6 Å². The molecule has 1 nitrogen and oxygen atoms in total. The average molecular weight is 217 g/mol. The van der Waals surface area contributed by atoms with Crippen LogP contribution >= 0.6 is 11.3 Å². The summed E-state index contributed by atoms with van der Waals surface area (Å²) in [5.41, 5.74) is 6.95. The van der Waals surface area contributed by atoms with Crippen LogP contribution in [0.15, 0.2) is 42.5 Å². The smallest absolute Gasteiger partial charge is 0.0345 e. The predicted octanol–water partition coefficient (Wildman–Crippen LogP) is 3.48. The summed E-state index contributed by atoms with van der Waals surface area (Å²) in [5.74, 6) is 0.465. The van der Waals surface area contributed by atoms with Crippen LogP contribution in [0.5, 0.6) is 0 Å². The first-order valence-corrected chi connectivity index (χ1v) is 5.98. The Bertz CT molecular complexity index is 419. The summed E-state index contributed by atoms with van der Waals surface area (Å²) in [5, 5.41) is 0. The average Bonchev–Trinajstić information content (AvgIpc) is 2.78. The standard InChI is InChI=1S/C13H15NS/c1-10(9-14)12-7-8-13(15-12)11-5-3-2-4-6-11/h2-8,10H,9,14H2,1H3. The minimum atomic E-state index is 0.465. The third kappa shape index (κ3) is 2.28. The van der Waals surface area contributed by atoms with E-state index < -0.39 is 0 Å². The summed E-state index contributed by atoms with van der Waals surface area (Å²) in [6.45, 7) is 2.88. The molecule has 1 aromatic heterocycles. The van der Waals surface area contributed by atoms with Crippen molar-refractivity contribution in [3.8, 4) is 10.4 Å². The molecule has 0 saturated carbocycles. The second-order valence-corrected chi connectivity index (χ2v) is 4.82. The molecular formula is C13H15NS. The highest BCUT2D eigenvalue weighted by Crippen LogP contribution is 2.31. The first kappa shape index (κ1) is 10.4. The zero-order valence-corrected chi connectivity index (χ0v) is 9.63. The van der Waals surface area contributed by atoms with Gasteiger partial charge in [0.05, 0.1) is 0 Å². The van der Waals surface area contributed by atoms with E-state index in [0.717, 1.165) is 6.54 Å². The van der Waals surface area contributed by atoms with Crippen molar-refractivity contribution < 1.29 is 0 Å². The fourth-order valence-corrected chi connectivity index (χ4v) is 2.57. The van der Waals surface area contributed by atoms with Gasteiger partial charge in [-0.2, -0.15) is 0 Å². The second kappa shape index (κ2) is 4.60. The molecule has 2 heteroatoms. The van der Waals surface area contributed by atoms with E-state index in [2.05, 4.69) is 43.3 Å². The second-order valence-electron chi connectivity index (χ2n) is 3.70. The number of hydrogen-bond donors (Lipinski definition) is 1. The van der Waals surface area contributed by atoms with Gasteiger partial charge in [0.25, 0.3) is 0 Å². The van der Waals surface area contributed by atoms with Gasteiger partial charge in [0.15, 0.2) is 0 Å². The molecule has 0 saturated heterocycles. The van der Waals surface area contributed by atoms with Gasteiger partial charge in [0.2, 0.25) is 0 Å². The van der Waals surface area contributed by atoms with Crippen molar-refractivity contribution in [1.82, 2.24) is 0 Å². The van der Waals surface area contributed by atoms with E-state index in [9.17, 15) is 0 Å². The summed E-state index contributed by atoms with van der Waals surface area (Å²) in [6, 6.07) is 14.8. The Morgan fingerprint density at radius 3 is 2.53 bits per heavy atom. The lowest BCUT2D eigenvalue weighted by Gasteiger charge is -2.03. The highest BCUT2D eigenvalue weighted by Gasteiger charge is 2.07. The molecule has 2 N–H and O–H groups in total. The summed E-state index contributed by atoms with van der Waals surface area (Å²) in [7, 11) is 0. The molecule has 0 aliphatic rings. The van der Waals surface area contributed by atoms with Gasteiger partial charge in [0, 0.05) is 15.7 Å². The van der Waals surface area contributed by atoms with Crippen LogP contribution in [0.1, 0.15) is 17.7 Å². The lowest BCUT2D eigenvalue weighted by atomic mass is 10.1. The molecule has 1 unspecified atom stereocenters. The molecule has 1 atom stereocenters. The number of hydrogen-bond acceptors (Lipinski definition) is 2. The molecule has 1 aromatic carbocycles. The van der Waals surface area contributed by atoms with Crippen molar-refractivity contribution >= 4 is 11.3 Å². The normalized spacial score (nSPS) is 12.7. The van der Waals surface area contributed by atoms with Gasteiger partial charge >= 0.3 is 0 Å². The van der Waals surface area contributed by atoms with Crippen LogP contribution in [0.3, 0.4) is 0 Å². The van der Waals surface area contributed by atoms with E-state index in [1.165, 1.54) is 15.3 Å². The van der Waals surface area contributed by atoms with Gasteiger partial charge in [0.1, 0.15) is 0 Å². The number of rotatable bonds is 3. The lowest BCUT2D eigenvalue weighted by molar-refractivity contribution is 0.790. The van der Waals surface area contributed by atoms with Gasteiger partial charge in [-0.05, 0) is 24.2 Å². The van der Waals surface area contributed by atoms with Gasteiger partial charge in [-0.15, -0.1) is 11.3 Å². The summed E-state index contributed by atoms with van der Waals surface area (Å²) < 4.78 is 0. The van der Waals surface area contributed by atoms with E-state index in [4.69, 9.17) is 5.73 Å². The Morgan fingerprint density at radius 2 is 1.87 bits per heavy atom. The zero-order valence-electron chi connectivity index (χ0n) is 8.81. The molecule has 0 fully saturated rings. The maximum atomic E-state index is 5.66. The Hall–Kier alpha value is -1.12. The summed E-state index contributed by atoms with van der Waals surface area (Å²) >= 11 is 1.84. The maximum absolute atomic E-state index is 5.66. The molecule has 0 bridgehead atoms. The molecule has 0 radical (unpaired) electrons. The minimum absolute atomic E-state index is 0.465. The quantitative estimate of drug-likeness (QED) is 0.837. The third-order valence-corrected chi connectivity index (χ3v) is 3.89. The van der Waals surface area contributed by atoms with Crippen LogP contribution in [0, 0.1) is 0 Å². The van der Waals surface area contributed by atoms with Crippen LogP contribution in [0.25, 0.3) is 10.4 Å². The fraction of sp³-hybridized carbons (Fsp3) is 0.231. The minimum Gasteiger partial charge on any atom is -0.330 e. The zero-order chi connectivity index (χ0) is 10.7. The summed E-state index contributed by atoms with van der Waals surface area (Å²) in [4.78, 5) is 2.70. The SMILES string of the molecule is CC(CN)c1ccc(-c2ccccc2)s1. The topological polar surface area (TPSA) is 26.0 Å². The van der Waals surface area contributed by atoms with Crippen molar-refractivity contribution in [1.29, 1.82) is 0 Å². The Balaban J connectivity index is 2.28. The maximum Gasteiger partial charge on any atom is 0.0345 e. The molecule has 0 aliphatic carbocycles. The third-order valence-electron chi connectivity index (χ3n) is 2.52. The Morgan fingerprint density at radius 1 is 1.13 bits per heavy atom. The number of benzene rings is 1. The van der Waals surface area contributed by atoms with Gasteiger partial charge < -0.3 is 5.73 Å². The first-order valence-electron chi connectivity index (χ1n) is 5.16. The highest BCUT2D eigenvalue weighted by atomic mass is 32.1. The van der Waals surface area contributed by atoms with Crippen LogP contribution in [0.4, 0.5) is 0 Å². The molecule has 0 aliphatic heterocycles. The molecule has 1 heterocycles. The largest absolute Gasteiger partial charge is 0.330 e. The number of thiophene rings is 1. The predicted molar refractivity (Wildman–Crippen MR) is 67.2 cm³/mol. The van der Waals surface area contributed by atoms with Crippen LogP contribution in [-0.2, 0) is 0 Å². The highest BCUT2D eigenvalue weighted by molar-refractivity contribution is 7.15. The van der Waals surface area contributed by atoms with E-state index in [-0.39, 0.29) is 0 Å². The van der Waals surface area contributed by atoms with Crippen molar-refractivity contribution in [2.45, 2.75) is 12.8 Å². The lowest BCUT2D eigenvalue weighted by Crippen LogP contribution is -2.06. The fourth-order valence-electron chi connectivity index (χ4n) is 1.49. The molecule has 2 aromatic rings. The molecular weight excluding hydrogens is 202 g/mol. The van der Waals surface area contributed by atoms with Gasteiger partial charge in [-0.3, -0.25) is 0 Å². The van der Waals surface area contributed by atoms with Crippen molar-refractivity contribution in [3.63, 3.8) is 0 Å². The van der Waals surface area contributed by atoms with Crippen LogP contribution in [-0.4, -0.2) is 6.54 Å². The van der Waals surface area contributed by atoms with E-state index in [1.54, 1.807) is 0 Å². The Kier molecular flexibility index (Phi) is 3.19. The van der Waals surface area contributed by atoms with Crippen molar-refractivity contribution in [3.05, 3.63) is 47.3 Å².